The molecular weight excluding hydrogens is 444 g/mol. The number of rotatable bonds is 7. The zero-order chi connectivity index (χ0) is 23.4. The van der Waals surface area contributed by atoms with E-state index in [1.807, 2.05) is 30.3 Å². The molecule has 4 rings (SSSR count). The minimum atomic E-state index is -4.03. The van der Waals surface area contributed by atoms with Gasteiger partial charge in [-0.2, -0.15) is 0 Å². The standard InChI is InChI=1S/C24H24N2O6S/c1-30-21-13-12-18(14-22(21)31-2)33(28,29)26-16-23(32-20-11-7-6-10-19(20)26)24(27)25-15-17-8-4-3-5-9-17/h3-14,23H,15-16H2,1-2H3,(H,25,27)/t23-/m1/s1. The number of benzene rings is 3. The van der Waals surface area contributed by atoms with E-state index in [0.29, 0.717) is 23.7 Å². The first kappa shape index (κ1) is 22.5. The number of methoxy groups -OCH3 is 2. The summed E-state index contributed by atoms with van der Waals surface area (Å²) in [6.07, 6.45) is -1.02. The molecule has 0 saturated heterocycles. The molecule has 1 amide bonds. The first-order valence-electron chi connectivity index (χ1n) is 10.3. The van der Waals surface area contributed by atoms with E-state index in [2.05, 4.69) is 5.32 Å². The highest BCUT2D eigenvalue weighted by atomic mass is 32.2. The van der Waals surface area contributed by atoms with E-state index < -0.39 is 22.0 Å². The van der Waals surface area contributed by atoms with Gasteiger partial charge in [0.2, 0.25) is 0 Å². The van der Waals surface area contributed by atoms with Crippen molar-refractivity contribution in [1.29, 1.82) is 0 Å². The topological polar surface area (TPSA) is 94.2 Å². The van der Waals surface area contributed by atoms with Crippen molar-refractivity contribution in [2.75, 3.05) is 25.1 Å². The van der Waals surface area contributed by atoms with Gasteiger partial charge in [-0.25, -0.2) is 8.42 Å². The lowest BCUT2D eigenvalue weighted by molar-refractivity contribution is -0.127. The van der Waals surface area contributed by atoms with Crippen molar-refractivity contribution in [1.82, 2.24) is 5.32 Å². The number of nitrogens with zero attached hydrogens (tertiary/aromatic N) is 1. The molecule has 33 heavy (non-hydrogen) atoms. The van der Waals surface area contributed by atoms with Gasteiger partial charge in [0.25, 0.3) is 15.9 Å². The number of fused-ring (bicyclic) bond motifs is 1. The average Bonchev–Trinajstić information content (AvgIpc) is 2.86. The third-order valence-electron chi connectivity index (χ3n) is 5.28. The Labute approximate surface area is 192 Å². The highest BCUT2D eigenvalue weighted by molar-refractivity contribution is 7.92. The Morgan fingerprint density at radius 3 is 2.42 bits per heavy atom. The van der Waals surface area contributed by atoms with E-state index in [0.717, 1.165) is 5.56 Å². The van der Waals surface area contributed by atoms with Crippen LogP contribution in [-0.4, -0.2) is 41.2 Å². The molecule has 0 spiro atoms. The van der Waals surface area contributed by atoms with Crippen LogP contribution in [0.15, 0.2) is 77.7 Å². The smallest absolute Gasteiger partial charge is 0.264 e. The van der Waals surface area contributed by atoms with Crippen LogP contribution in [0.1, 0.15) is 5.56 Å². The summed E-state index contributed by atoms with van der Waals surface area (Å²) in [5.41, 5.74) is 1.29. The minimum Gasteiger partial charge on any atom is -0.493 e. The van der Waals surface area contributed by atoms with Gasteiger partial charge in [0, 0.05) is 12.6 Å². The summed E-state index contributed by atoms with van der Waals surface area (Å²) in [5, 5.41) is 2.82. The molecule has 1 aliphatic rings. The van der Waals surface area contributed by atoms with Crippen LogP contribution in [0, 0.1) is 0 Å². The molecule has 3 aromatic carbocycles. The fourth-order valence-electron chi connectivity index (χ4n) is 3.57. The van der Waals surface area contributed by atoms with E-state index >= 15 is 0 Å². The second-order valence-corrected chi connectivity index (χ2v) is 9.19. The van der Waals surface area contributed by atoms with Gasteiger partial charge in [0.05, 0.1) is 31.3 Å². The van der Waals surface area contributed by atoms with Crippen molar-refractivity contribution in [3.63, 3.8) is 0 Å². The van der Waals surface area contributed by atoms with Gasteiger partial charge in [0.1, 0.15) is 5.75 Å². The van der Waals surface area contributed by atoms with Crippen molar-refractivity contribution in [2.24, 2.45) is 0 Å². The molecule has 0 saturated carbocycles. The number of hydrogen-bond acceptors (Lipinski definition) is 6. The van der Waals surface area contributed by atoms with Gasteiger partial charge in [-0.15, -0.1) is 0 Å². The molecule has 0 fully saturated rings. The Kier molecular flexibility index (Phi) is 6.41. The van der Waals surface area contributed by atoms with E-state index in [9.17, 15) is 13.2 Å². The number of sulfonamides is 1. The van der Waals surface area contributed by atoms with Crippen LogP contribution >= 0.6 is 0 Å². The first-order chi connectivity index (χ1) is 15.9. The molecule has 0 radical (unpaired) electrons. The van der Waals surface area contributed by atoms with Crippen LogP contribution in [0.5, 0.6) is 17.2 Å². The highest BCUT2D eigenvalue weighted by Crippen LogP contribution is 2.38. The Morgan fingerprint density at radius 1 is 1.00 bits per heavy atom. The lowest BCUT2D eigenvalue weighted by Gasteiger charge is -2.34. The summed E-state index contributed by atoms with van der Waals surface area (Å²) < 4.78 is 44.7. The molecule has 8 nitrogen and oxygen atoms in total. The van der Waals surface area contributed by atoms with Gasteiger partial charge in [0.15, 0.2) is 17.6 Å². The summed E-state index contributed by atoms with van der Waals surface area (Å²) >= 11 is 0. The molecule has 1 heterocycles. The maximum Gasteiger partial charge on any atom is 0.264 e. The summed E-state index contributed by atoms with van der Waals surface area (Å²) in [4.78, 5) is 12.9. The minimum absolute atomic E-state index is 0.0142. The molecule has 172 valence electrons. The van der Waals surface area contributed by atoms with Gasteiger partial charge in [-0.1, -0.05) is 42.5 Å². The monoisotopic (exact) mass is 468 g/mol. The van der Waals surface area contributed by atoms with Gasteiger partial charge in [-0.05, 0) is 29.8 Å². The van der Waals surface area contributed by atoms with Crippen LogP contribution in [0.25, 0.3) is 0 Å². The Morgan fingerprint density at radius 2 is 1.70 bits per heavy atom. The molecule has 1 aliphatic heterocycles. The maximum absolute atomic E-state index is 13.6. The fourth-order valence-corrected chi connectivity index (χ4v) is 5.06. The van der Waals surface area contributed by atoms with E-state index in [-0.39, 0.29) is 17.2 Å². The van der Waals surface area contributed by atoms with Crippen LogP contribution in [-0.2, 0) is 21.4 Å². The van der Waals surface area contributed by atoms with Crippen LogP contribution in [0.3, 0.4) is 0 Å². The summed E-state index contributed by atoms with van der Waals surface area (Å²) in [6.45, 7) is 0.137. The lowest BCUT2D eigenvalue weighted by Crippen LogP contribution is -2.50. The van der Waals surface area contributed by atoms with Gasteiger partial charge >= 0.3 is 0 Å². The van der Waals surface area contributed by atoms with Gasteiger partial charge in [-0.3, -0.25) is 9.10 Å². The second kappa shape index (κ2) is 9.41. The molecule has 9 heteroatoms. The molecule has 1 atom stereocenters. The highest BCUT2D eigenvalue weighted by Gasteiger charge is 2.37. The normalized spacial score (nSPS) is 15.2. The predicted octanol–water partition coefficient (Wildman–Crippen LogP) is 2.98. The first-order valence-corrected chi connectivity index (χ1v) is 11.7. The Balaban J connectivity index is 1.63. The largest absolute Gasteiger partial charge is 0.493 e. The summed E-state index contributed by atoms with van der Waals surface area (Å²) in [6, 6.07) is 20.5. The second-order valence-electron chi connectivity index (χ2n) is 7.33. The number of para-hydroxylation sites is 2. The third kappa shape index (κ3) is 4.58. The number of ether oxygens (including phenoxy) is 3. The zero-order valence-corrected chi connectivity index (χ0v) is 19.0. The van der Waals surface area contributed by atoms with Crippen LogP contribution in [0.2, 0.25) is 0 Å². The molecule has 0 aromatic heterocycles. The molecule has 0 aliphatic carbocycles. The van der Waals surface area contributed by atoms with E-state index in [1.54, 1.807) is 24.3 Å². The average molecular weight is 469 g/mol. The molecule has 3 aromatic rings. The number of hydrogen-bond donors (Lipinski definition) is 1. The van der Waals surface area contributed by atoms with Crippen molar-refractivity contribution < 1.29 is 27.4 Å². The van der Waals surface area contributed by atoms with E-state index in [1.165, 1.54) is 36.7 Å². The van der Waals surface area contributed by atoms with Crippen LogP contribution < -0.4 is 23.8 Å². The van der Waals surface area contributed by atoms with Crippen molar-refractivity contribution in [3.8, 4) is 17.2 Å². The number of amides is 1. The zero-order valence-electron chi connectivity index (χ0n) is 18.2. The third-order valence-corrected chi connectivity index (χ3v) is 7.06. The van der Waals surface area contributed by atoms with Crippen molar-refractivity contribution >= 4 is 21.6 Å². The summed E-state index contributed by atoms with van der Waals surface area (Å²) in [7, 11) is -1.12. The van der Waals surface area contributed by atoms with Crippen LogP contribution in [0.4, 0.5) is 5.69 Å². The van der Waals surface area contributed by atoms with E-state index in [4.69, 9.17) is 14.2 Å². The van der Waals surface area contributed by atoms with Crippen molar-refractivity contribution in [3.05, 3.63) is 78.4 Å². The SMILES string of the molecule is COc1ccc(S(=O)(=O)N2C[C@H](C(=O)NCc3ccccc3)Oc3ccccc32)cc1OC. The molecule has 0 unspecified atom stereocenters. The predicted molar refractivity (Wildman–Crippen MR) is 123 cm³/mol. The quantitative estimate of drug-likeness (QED) is 0.573. The molecule has 0 bridgehead atoms. The van der Waals surface area contributed by atoms with Crippen molar-refractivity contribution in [2.45, 2.75) is 17.5 Å². The molecular formula is C24H24N2O6S. The summed E-state index contributed by atoms with van der Waals surface area (Å²) in [5.74, 6) is 0.614. The Hall–Kier alpha value is -3.72. The fraction of sp³-hybridized carbons (Fsp3) is 0.208. The number of anilines is 1. The number of carbonyl (C=O) groups excluding carboxylic acids is 1. The maximum atomic E-state index is 13.6. The Bertz CT molecular complexity index is 1250. The molecule has 1 N–H and O–H groups in total. The number of carbonyl (C=O) groups is 1. The lowest BCUT2D eigenvalue weighted by atomic mass is 10.2. The number of nitrogens with one attached hydrogen (secondary N) is 1. The van der Waals surface area contributed by atoms with Gasteiger partial charge < -0.3 is 19.5 Å².